The molecule has 16 heavy (non-hydrogen) atoms. The third-order valence-corrected chi connectivity index (χ3v) is 4.22. The number of halogens is 2. The third-order valence-electron chi connectivity index (χ3n) is 2.83. The Morgan fingerprint density at radius 2 is 1.94 bits per heavy atom. The fraction of sp³-hybridized carbons (Fsp3) is 0.417. The summed E-state index contributed by atoms with van der Waals surface area (Å²) in [6.07, 6.45) is 3.42. The molecule has 0 N–H and O–H groups in total. The van der Waals surface area contributed by atoms with Crippen molar-refractivity contribution in [1.29, 1.82) is 0 Å². The molecule has 1 aromatic carbocycles. The molecule has 1 aliphatic rings. The van der Waals surface area contributed by atoms with Gasteiger partial charge in [-0.2, -0.15) is 0 Å². The van der Waals surface area contributed by atoms with Crippen LogP contribution in [0.2, 0.25) is 5.02 Å². The lowest BCUT2D eigenvalue weighted by atomic mass is 10.1. The van der Waals surface area contributed by atoms with E-state index in [1.54, 1.807) is 6.07 Å². The summed E-state index contributed by atoms with van der Waals surface area (Å²) in [5, 5.41) is 0.586. The van der Waals surface area contributed by atoms with Crippen molar-refractivity contribution in [1.82, 2.24) is 4.90 Å². The van der Waals surface area contributed by atoms with E-state index in [0.717, 1.165) is 25.9 Å². The summed E-state index contributed by atoms with van der Waals surface area (Å²) in [5.41, 5.74) is 0.661. The van der Waals surface area contributed by atoms with E-state index in [9.17, 15) is 4.79 Å². The van der Waals surface area contributed by atoms with Crippen LogP contribution in [0.3, 0.4) is 0 Å². The van der Waals surface area contributed by atoms with Crippen molar-refractivity contribution < 1.29 is 4.79 Å². The van der Waals surface area contributed by atoms with Gasteiger partial charge in [-0.15, -0.1) is 0 Å². The van der Waals surface area contributed by atoms with Crippen LogP contribution in [0.25, 0.3) is 0 Å². The number of likely N-dealkylation sites (tertiary alicyclic amines) is 1. The van der Waals surface area contributed by atoms with Crippen LogP contribution in [0.1, 0.15) is 29.6 Å². The van der Waals surface area contributed by atoms with E-state index in [-0.39, 0.29) is 5.91 Å². The predicted molar refractivity (Wildman–Crippen MR) is 68.9 cm³/mol. The van der Waals surface area contributed by atoms with Crippen LogP contribution < -0.4 is 0 Å². The molecular formula is C12H13BrClNO. The largest absolute Gasteiger partial charge is 0.339 e. The second-order valence-corrected chi connectivity index (χ2v) is 5.15. The topological polar surface area (TPSA) is 20.3 Å². The minimum atomic E-state index is 0.0778. The van der Waals surface area contributed by atoms with Crippen LogP contribution in [0.15, 0.2) is 22.7 Å². The van der Waals surface area contributed by atoms with Crippen molar-refractivity contribution in [2.75, 3.05) is 13.1 Å². The second-order valence-electron chi connectivity index (χ2n) is 3.95. The van der Waals surface area contributed by atoms with Crippen LogP contribution >= 0.6 is 27.5 Å². The summed E-state index contributed by atoms with van der Waals surface area (Å²) in [6.45, 7) is 1.72. The van der Waals surface area contributed by atoms with Crippen LogP contribution in [0.4, 0.5) is 0 Å². The Morgan fingerprint density at radius 3 is 2.62 bits per heavy atom. The number of benzene rings is 1. The normalized spacial score (nSPS) is 16.2. The standard InChI is InChI=1S/C12H13BrClNO/c13-11-9(5-4-6-10(11)14)12(16)15-7-2-1-3-8-15/h4-6H,1-3,7-8H2. The smallest absolute Gasteiger partial charge is 0.255 e. The average molecular weight is 303 g/mol. The maximum atomic E-state index is 12.2. The molecule has 86 valence electrons. The molecule has 0 spiro atoms. The molecule has 2 rings (SSSR count). The Balaban J connectivity index is 2.22. The van der Waals surface area contributed by atoms with Crippen molar-refractivity contribution in [2.24, 2.45) is 0 Å². The molecule has 1 aromatic rings. The first-order valence-corrected chi connectivity index (χ1v) is 6.60. The van der Waals surface area contributed by atoms with E-state index in [1.165, 1.54) is 6.42 Å². The van der Waals surface area contributed by atoms with Gasteiger partial charge in [-0.05, 0) is 47.3 Å². The summed E-state index contributed by atoms with van der Waals surface area (Å²) in [4.78, 5) is 14.1. The second kappa shape index (κ2) is 5.19. The van der Waals surface area contributed by atoms with Gasteiger partial charge in [0.25, 0.3) is 5.91 Å². The molecule has 1 fully saturated rings. The minimum Gasteiger partial charge on any atom is -0.339 e. The third kappa shape index (κ3) is 2.41. The molecule has 0 bridgehead atoms. The quantitative estimate of drug-likeness (QED) is 0.774. The first-order chi connectivity index (χ1) is 7.70. The average Bonchev–Trinajstić information content (AvgIpc) is 2.33. The summed E-state index contributed by atoms with van der Waals surface area (Å²) in [7, 11) is 0. The molecular weight excluding hydrogens is 289 g/mol. The zero-order valence-electron chi connectivity index (χ0n) is 8.88. The van der Waals surface area contributed by atoms with Gasteiger partial charge >= 0.3 is 0 Å². The van der Waals surface area contributed by atoms with Crippen molar-refractivity contribution in [3.05, 3.63) is 33.3 Å². The van der Waals surface area contributed by atoms with Crippen molar-refractivity contribution in [2.45, 2.75) is 19.3 Å². The number of nitrogens with zero attached hydrogens (tertiary/aromatic N) is 1. The number of amides is 1. The summed E-state index contributed by atoms with van der Waals surface area (Å²) < 4.78 is 0.701. The molecule has 0 unspecified atom stereocenters. The van der Waals surface area contributed by atoms with E-state index in [4.69, 9.17) is 11.6 Å². The monoisotopic (exact) mass is 301 g/mol. The molecule has 0 aromatic heterocycles. The Hall–Kier alpha value is -0.540. The molecule has 1 heterocycles. The highest BCUT2D eigenvalue weighted by atomic mass is 79.9. The van der Waals surface area contributed by atoms with Gasteiger partial charge in [-0.3, -0.25) is 4.79 Å². The number of hydrogen-bond acceptors (Lipinski definition) is 1. The van der Waals surface area contributed by atoms with E-state index in [0.29, 0.717) is 15.1 Å². The Morgan fingerprint density at radius 1 is 1.25 bits per heavy atom. The zero-order chi connectivity index (χ0) is 11.5. The molecule has 4 heteroatoms. The fourth-order valence-electron chi connectivity index (χ4n) is 1.94. The van der Waals surface area contributed by atoms with Crippen molar-refractivity contribution >= 4 is 33.4 Å². The van der Waals surface area contributed by atoms with Crippen LogP contribution in [-0.2, 0) is 0 Å². The highest BCUT2D eigenvalue weighted by Gasteiger charge is 2.20. The van der Waals surface area contributed by atoms with Gasteiger partial charge in [0.2, 0.25) is 0 Å². The summed E-state index contributed by atoms with van der Waals surface area (Å²) in [6, 6.07) is 5.40. The number of carbonyl (C=O) groups is 1. The van der Waals surface area contributed by atoms with Gasteiger partial charge in [0, 0.05) is 17.6 Å². The molecule has 1 amide bonds. The molecule has 1 saturated heterocycles. The number of carbonyl (C=O) groups excluding carboxylic acids is 1. The fourth-order valence-corrected chi connectivity index (χ4v) is 2.54. The van der Waals surface area contributed by atoms with Gasteiger partial charge in [0.05, 0.1) is 10.6 Å². The van der Waals surface area contributed by atoms with E-state index >= 15 is 0 Å². The van der Waals surface area contributed by atoms with Crippen molar-refractivity contribution in [3.8, 4) is 0 Å². The number of rotatable bonds is 1. The van der Waals surface area contributed by atoms with E-state index < -0.39 is 0 Å². The molecule has 2 nitrogen and oxygen atoms in total. The van der Waals surface area contributed by atoms with Gasteiger partial charge in [-0.25, -0.2) is 0 Å². The Bertz CT molecular complexity index is 402. The van der Waals surface area contributed by atoms with Crippen molar-refractivity contribution in [3.63, 3.8) is 0 Å². The number of piperidine rings is 1. The Kier molecular flexibility index (Phi) is 3.87. The van der Waals surface area contributed by atoms with Crippen LogP contribution in [0.5, 0.6) is 0 Å². The minimum absolute atomic E-state index is 0.0778. The first-order valence-electron chi connectivity index (χ1n) is 5.43. The zero-order valence-corrected chi connectivity index (χ0v) is 11.2. The van der Waals surface area contributed by atoms with E-state index in [2.05, 4.69) is 15.9 Å². The van der Waals surface area contributed by atoms with Gasteiger partial charge in [0.15, 0.2) is 0 Å². The predicted octanol–water partition coefficient (Wildman–Crippen LogP) is 3.73. The molecule has 0 aliphatic carbocycles. The highest BCUT2D eigenvalue weighted by Crippen LogP contribution is 2.27. The lowest BCUT2D eigenvalue weighted by Gasteiger charge is -2.27. The maximum Gasteiger partial charge on any atom is 0.255 e. The summed E-state index contributed by atoms with van der Waals surface area (Å²) >= 11 is 9.35. The maximum absolute atomic E-state index is 12.2. The molecule has 1 aliphatic heterocycles. The molecule has 0 radical (unpaired) electrons. The lowest BCUT2D eigenvalue weighted by Crippen LogP contribution is -2.35. The van der Waals surface area contributed by atoms with Gasteiger partial charge < -0.3 is 4.90 Å². The van der Waals surface area contributed by atoms with E-state index in [1.807, 2.05) is 17.0 Å². The first kappa shape index (κ1) is 11.9. The summed E-state index contributed by atoms with van der Waals surface area (Å²) in [5.74, 6) is 0.0778. The molecule has 0 atom stereocenters. The molecule has 0 saturated carbocycles. The number of hydrogen-bond donors (Lipinski definition) is 0. The lowest BCUT2D eigenvalue weighted by molar-refractivity contribution is 0.0723. The van der Waals surface area contributed by atoms with Gasteiger partial charge in [-0.1, -0.05) is 17.7 Å². The highest BCUT2D eigenvalue weighted by molar-refractivity contribution is 9.10. The van der Waals surface area contributed by atoms with Gasteiger partial charge in [0.1, 0.15) is 0 Å². The Labute approximate surface area is 109 Å². The van der Waals surface area contributed by atoms with Crippen LogP contribution in [-0.4, -0.2) is 23.9 Å². The SMILES string of the molecule is O=C(c1cccc(Cl)c1Br)N1CCCCC1. The van der Waals surface area contributed by atoms with Crippen LogP contribution in [0, 0.1) is 0 Å².